The highest BCUT2D eigenvalue weighted by Gasteiger charge is 2.34. The number of carbonyl (C=O) groups is 2. The number of hydrogen-bond acceptors (Lipinski definition) is 2. The van der Waals surface area contributed by atoms with Crippen LogP contribution < -0.4 is 9.80 Å². The van der Waals surface area contributed by atoms with Gasteiger partial charge in [-0.3, -0.25) is 9.59 Å². The number of benzene rings is 5. The zero-order chi connectivity index (χ0) is 34.0. The van der Waals surface area contributed by atoms with Gasteiger partial charge in [-0.2, -0.15) is 0 Å². The van der Waals surface area contributed by atoms with Gasteiger partial charge in [-0.25, -0.2) is 0 Å². The van der Waals surface area contributed by atoms with Gasteiger partial charge in [0.15, 0.2) is 0 Å². The lowest BCUT2D eigenvalue weighted by Gasteiger charge is -2.28. The van der Waals surface area contributed by atoms with Crippen LogP contribution in [0.5, 0.6) is 0 Å². The van der Waals surface area contributed by atoms with Gasteiger partial charge < -0.3 is 9.80 Å². The number of anilines is 2. The van der Waals surface area contributed by atoms with E-state index in [9.17, 15) is 9.59 Å². The molecule has 0 radical (unpaired) electrons. The normalized spacial score (nSPS) is 12.6. The Balaban J connectivity index is 0.000000207. The number of para-hydroxylation sites is 2. The standard InChI is InChI=1S/C22H19NO.C20H21NO.C2H6/c24-22(17-16-19-10-4-1-5-11-19)23(21-14-8-3-9-15-21)18-20-12-6-2-7-13-20;1-16(18-13-14-18)21(19-10-6-3-7-11-19)20(22)15-12-17-8-4-2-5-9-17;1-2/h1-17H,18H2;2-12,15-16,18H,13-14H2,1H3;1-2H3/b17-16+;15-12+;. The second-order valence-corrected chi connectivity index (χ2v) is 11.4. The quantitative estimate of drug-likeness (QED) is 0.143. The van der Waals surface area contributed by atoms with E-state index in [1.165, 1.54) is 12.8 Å². The molecule has 0 saturated heterocycles. The van der Waals surface area contributed by atoms with Gasteiger partial charge in [-0.15, -0.1) is 0 Å². The summed E-state index contributed by atoms with van der Waals surface area (Å²) in [7, 11) is 0. The third kappa shape index (κ3) is 11.1. The van der Waals surface area contributed by atoms with Gasteiger partial charge in [-0.05, 0) is 78.8 Å². The summed E-state index contributed by atoms with van der Waals surface area (Å²) < 4.78 is 0. The molecule has 4 nitrogen and oxygen atoms in total. The highest BCUT2D eigenvalue weighted by molar-refractivity contribution is 6.04. The van der Waals surface area contributed by atoms with Crippen LogP contribution in [0.25, 0.3) is 12.2 Å². The minimum absolute atomic E-state index is 0.0334. The fourth-order valence-electron chi connectivity index (χ4n) is 5.25. The molecule has 0 bridgehead atoms. The lowest BCUT2D eigenvalue weighted by molar-refractivity contribution is -0.115. The van der Waals surface area contributed by atoms with E-state index >= 15 is 0 Å². The Bertz CT molecular complexity index is 1700. The molecule has 1 fully saturated rings. The van der Waals surface area contributed by atoms with Crippen molar-refractivity contribution >= 4 is 35.3 Å². The van der Waals surface area contributed by atoms with Gasteiger partial charge >= 0.3 is 0 Å². The van der Waals surface area contributed by atoms with Gasteiger partial charge in [0.25, 0.3) is 11.8 Å². The molecule has 48 heavy (non-hydrogen) atoms. The minimum Gasteiger partial charge on any atom is -0.306 e. The summed E-state index contributed by atoms with van der Waals surface area (Å²) in [6.45, 7) is 6.70. The first-order valence-electron chi connectivity index (χ1n) is 16.8. The predicted molar refractivity (Wildman–Crippen MR) is 202 cm³/mol. The molecular formula is C44H46N2O2. The van der Waals surface area contributed by atoms with Crippen molar-refractivity contribution in [2.75, 3.05) is 9.80 Å². The Morgan fingerprint density at radius 2 is 0.979 bits per heavy atom. The van der Waals surface area contributed by atoms with Crippen molar-refractivity contribution in [2.24, 2.45) is 5.92 Å². The molecule has 1 unspecified atom stereocenters. The first-order chi connectivity index (χ1) is 23.6. The molecule has 244 valence electrons. The van der Waals surface area contributed by atoms with Crippen LogP contribution in [0.15, 0.2) is 164 Å². The van der Waals surface area contributed by atoms with Gasteiger partial charge in [0.05, 0.1) is 6.54 Å². The van der Waals surface area contributed by atoms with Gasteiger partial charge in [-0.1, -0.05) is 141 Å². The van der Waals surface area contributed by atoms with E-state index in [-0.39, 0.29) is 17.9 Å². The minimum atomic E-state index is -0.0334. The average molecular weight is 635 g/mol. The Kier molecular flexibility index (Phi) is 14.2. The fourth-order valence-corrected chi connectivity index (χ4v) is 5.25. The second-order valence-electron chi connectivity index (χ2n) is 11.4. The van der Waals surface area contributed by atoms with Crippen LogP contribution in [0.1, 0.15) is 50.3 Å². The van der Waals surface area contributed by atoms with Crippen LogP contribution >= 0.6 is 0 Å². The van der Waals surface area contributed by atoms with E-state index in [0.717, 1.165) is 28.1 Å². The molecule has 0 heterocycles. The maximum absolute atomic E-state index is 12.8. The molecule has 4 heteroatoms. The third-order valence-corrected chi connectivity index (χ3v) is 7.94. The maximum atomic E-state index is 12.8. The molecule has 6 rings (SSSR count). The molecule has 5 aromatic carbocycles. The summed E-state index contributed by atoms with van der Waals surface area (Å²) in [5.74, 6) is 0.651. The van der Waals surface area contributed by atoms with Crippen LogP contribution in [-0.2, 0) is 16.1 Å². The number of nitrogens with zero attached hydrogens (tertiary/aromatic N) is 2. The summed E-state index contributed by atoms with van der Waals surface area (Å²) in [4.78, 5) is 29.2. The number of amides is 2. The molecule has 5 aromatic rings. The number of rotatable bonds is 10. The van der Waals surface area contributed by atoms with Crippen molar-refractivity contribution in [1.29, 1.82) is 0 Å². The first kappa shape index (κ1) is 35.4. The van der Waals surface area contributed by atoms with E-state index in [1.807, 2.05) is 183 Å². The highest BCUT2D eigenvalue weighted by Crippen LogP contribution is 2.37. The van der Waals surface area contributed by atoms with Crippen molar-refractivity contribution in [1.82, 2.24) is 0 Å². The zero-order valence-electron chi connectivity index (χ0n) is 28.2. The molecule has 0 spiro atoms. The Labute approximate surface area is 286 Å². The van der Waals surface area contributed by atoms with Gasteiger partial charge in [0.2, 0.25) is 0 Å². The Hall–Kier alpha value is -5.48. The monoisotopic (exact) mass is 634 g/mol. The van der Waals surface area contributed by atoms with Crippen molar-refractivity contribution in [3.8, 4) is 0 Å². The predicted octanol–water partition coefficient (Wildman–Crippen LogP) is 10.5. The van der Waals surface area contributed by atoms with Crippen LogP contribution in [0.4, 0.5) is 11.4 Å². The van der Waals surface area contributed by atoms with Crippen LogP contribution in [0, 0.1) is 5.92 Å². The SMILES string of the molecule is CC.CC(C1CC1)N(C(=O)/C=C/c1ccccc1)c1ccccc1.O=C(/C=C/c1ccccc1)N(Cc1ccccc1)c1ccccc1. The van der Waals surface area contributed by atoms with Crippen molar-refractivity contribution in [3.05, 3.63) is 181 Å². The van der Waals surface area contributed by atoms with Crippen LogP contribution in [-0.4, -0.2) is 17.9 Å². The molecule has 0 aliphatic heterocycles. The molecule has 0 N–H and O–H groups in total. The molecule has 1 aliphatic rings. The fraction of sp³-hybridized carbons (Fsp3) is 0.182. The van der Waals surface area contributed by atoms with Crippen LogP contribution in [0.3, 0.4) is 0 Å². The van der Waals surface area contributed by atoms with E-state index in [1.54, 1.807) is 17.1 Å². The third-order valence-electron chi connectivity index (χ3n) is 7.94. The van der Waals surface area contributed by atoms with E-state index in [4.69, 9.17) is 0 Å². The zero-order valence-corrected chi connectivity index (χ0v) is 28.2. The van der Waals surface area contributed by atoms with Gasteiger partial charge in [0.1, 0.15) is 0 Å². The summed E-state index contributed by atoms with van der Waals surface area (Å²) in [5.41, 5.74) is 5.03. The lowest BCUT2D eigenvalue weighted by atomic mass is 10.1. The Morgan fingerprint density at radius 3 is 1.44 bits per heavy atom. The average Bonchev–Trinajstić information content (AvgIpc) is 4.02. The summed E-state index contributed by atoms with van der Waals surface area (Å²) in [5, 5.41) is 0. The highest BCUT2D eigenvalue weighted by atomic mass is 16.2. The molecule has 1 aliphatic carbocycles. The van der Waals surface area contributed by atoms with Crippen molar-refractivity contribution in [2.45, 2.75) is 46.2 Å². The van der Waals surface area contributed by atoms with Gasteiger partial charge in [0, 0.05) is 29.6 Å². The van der Waals surface area contributed by atoms with Crippen LogP contribution in [0.2, 0.25) is 0 Å². The van der Waals surface area contributed by atoms with E-state index in [2.05, 4.69) is 6.92 Å². The maximum Gasteiger partial charge on any atom is 0.251 e. The second kappa shape index (κ2) is 19.2. The largest absolute Gasteiger partial charge is 0.306 e. The number of hydrogen-bond donors (Lipinski definition) is 0. The summed E-state index contributed by atoms with van der Waals surface area (Å²) in [6.07, 6.45) is 9.49. The molecule has 2 amide bonds. The van der Waals surface area contributed by atoms with E-state index in [0.29, 0.717) is 12.5 Å². The molecular weight excluding hydrogens is 588 g/mol. The van der Waals surface area contributed by atoms with Crippen molar-refractivity contribution in [3.63, 3.8) is 0 Å². The molecule has 1 atom stereocenters. The number of carbonyl (C=O) groups excluding carboxylic acids is 2. The first-order valence-corrected chi connectivity index (χ1v) is 16.8. The molecule has 1 saturated carbocycles. The van der Waals surface area contributed by atoms with Crippen molar-refractivity contribution < 1.29 is 9.59 Å². The lowest BCUT2D eigenvalue weighted by Crippen LogP contribution is -2.39. The summed E-state index contributed by atoms with van der Waals surface area (Å²) in [6, 6.07) is 49.8. The smallest absolute Gasteiger partial charge is 0.251 e. The molecule has 0 aromatic heterocycles. The topological polar surface area (TPSA) is 40.6 Å². The Morgan fingerprint density at radius 1 is 0.583 bits per heavy atom. The van der Waals surface area contributed by atoms with E-state index < -0.39 is 0 Å². The summed E-state index contributed by atoms with van der Waals surface area (Å²) >= 11 is 0.